The quantitative estimate of drug-likeness (QED) is 0.558. The Morgan fingerprint density at radius 1 is 1.30 bits per heavy atom. The summed E-state index contributed by atoms with van der Waals surface area (Å²) in [5, 5.41) is 13.4. The summed E-state index contributed by atoms with van der Waals surface area (Å²) in [5.41, 5.74) is 5.98. The molecule has 0 aliphatic heterocycles. The van der Waals surface area contributed by atoms with Crippen molar-refractivity contribution in [3.8, 4) is 16.5 Å². The number of carbonyl (C=O) groups excluding carboxylic acids is 2. The van der Waals surface area contributed by atoms with Crippen LogP contribution in [0.2, 0.25) is 0 Å². The molecular weight excluding hydrogens is 386 g/mol. The molecule has 27 heavy (non-hydrogen) atoms. The lowest BCUT2D eigenvalue weighted by molar-refractivity contribution is -0.118. The number of rotatable bonds is 8. The smallest absolute Gasteiger partial charge is 0.237 e. The minimum atomic E-state index is -0.504. The summed E-state index contributed by atoms with van der Waals surface area (Å²) in [6.45, 7) is -0.0555. The molecule has 3 N–H and O–H groups in total. The number of hydrogen-bond acceptors (Lipinski definition) is 7. The lowest BCUT2D eigenvalue weighted by Gasteiger charge is -2.08. The highest BCUT2D eigenvalue weighted by Crippen LogP contribution is 2.27. The fourth-order valence-corrected chi connectivity index (χ4v) is 3.76. The summed E-state index contributed by atoms with van der Waals surface area (Å²) >= 11 is 2.67. The van der Waals surface area contributed by atoms with Crippen LogP contribution in [-0.2, 0) is 16.1 Å². The number of nitrogens with zero attached hydrogens (tertiary/aromatic N) is 3. The van der Waals surface area contributed by atoms with Gasteiger partial charge in [0, 0.05) is 11.8 Å². The molecule has 2 aromatic heterocycles. The first kappa shape index (κ1) is 18.9. The first-order chi connectivity index (χ1) is 13.1. The van der Waals surface area contributed by atoms with Crippen LogP contribution in [0, 0.1) is 0 Å². The number of nitrogens with two attached hydrogens (primary N) is 1. The number of primary amides is 1. The van der Waals surface area contributed by atoms with Gasteiger partial charge in [-0.3, -0.25) is 14.2 Å². The van der Waals surface area contributed by atoms with Gasteiger partial charge >= 0.3 is 0 Å². The Morgan fingerprint density at radius 2 is 2.15 bits per heavy atom. The number of hydrogen-bond donors (Lipinski definition) is 2. The number of ether oxygens (including phenoxy) is 1. The predicted molar refractivity (Wildman–Crippen MR) is 105 cm³/mol. The van der Waals surface area contributed by atoms with Gasteiger partial charge in [0.2, 0.25) is 11.8 Å². The summed E-state index contributed by atoms with van der Waals surface area (Å²) in [4.78, 5) is 24.5. The van der Waals surface area contributed by atoms with E-state index in [0.29, 0.717) is 22.4 Å². The van der Waals surface area contributed by atoms with E-state index < -0.39 is 5.91 Å². The molecule has 0 bridgehead atoms. The van der Waals surface area contributed by atoms with Gasteiger partial charge in [0.1, 0.15) is 12.3 Å². The van der Waals surface area contributed by atoms with E-state index in [0.717, 1.165) is 4.88 Å². The Bertz CT molecular complexity index is 940. The van der Waals surface area contributed by atoms with Gasteiger partial charge in [0.15, 0.2) is 11.0 Å². The second-order valence-corrected chi connectivity index (χ2v) is 7.29. The van der Waals surface area contributed by atoms with Gasteiger partial charge in [-0.1, -0.05) is 23.9 Å². The van der Waals surface area contributed by atoms with Crippen molar-refractivity contribution in [3.05, 3.63) is 41.8 Å². The molecule has 3 aromatic rings. The van der Waals surface area contributed by atoms with Crippen molar-refractivity contribution in [2.45, 2.75) is 11.7 Å². The molecule has 10 heteroatoms. The van der Waals surface area contributed by atoms with Crippen LogP contribution in [0.4, 0.5) is 5.69 Å². The van der Waals surface area contributed by atoms with E-state index in [1.54, 1.807) is 35.9 Å². The Balaban J connectivity index is 1.69. The number of thioether (sulfide) groups is 1. The Kier molecular flexibility index (Phi) is 6.09. The third-order valence-corrected chi connectivity index (χ3v) is 5.29. The molecule has 8 nitrogen and oxygen atoms in total. The largest absolute Gasteiger partial charge is 0.497 e. The summed E-state index contributed by atoms with van der Waals surface area (Å²) in [6.07, 6.45) is 0. The van der Waals surface area contributed by atoms with Crippen molar-refractivity contribution in [2.75, 3.05) is 18.2 Å². The van der Waals surface area contributed by atoms with Gasteiger partial charge in [-0.25, -0.2) is 0 Å². The molecule has 140 valence electrons. The molecule has 0 aliphatic carbocycles. The van der Waals surface area contributed by atoms with Crippen molar-refractivity contribution < 1.29 is 14.3 Å². The number of thiophene rings is 1. The highest BCUT2D eigenvalue weighted by Gasteiger charge is 2.17. The van der Waals surface area contributed by atoms with Gasteiger partial charge in [-0.2, -0.15) is 0 Å². The zero-order valence-electron chi connectivity index (χ0n) is 14.4. The van der Waals surface area contributed by atoms with Gasteiger partial charge in [-0.05, 0) is 23.6 Å². The zero-order valence-corrected chi connectivity index (χ0v) is 16.0. The third-order valence-electron chi connectivity index (χ3n) is 3.46. The van der Waals surface area contributed by atoms with Gasteiger partial charge in [0.05, 0.1) is 17.7 Å². The number of carbonyl (C=O) groups is 2. The Morgan fingerprint density at radius 3 is 2.85 bits per heavy atom. The van der Waals surface area contributed by atoms with Gasteiger partial charge in [0.25, 0.3) is 0 Å². The molecule has 0 saturated carbocycles. The molecule has 0 fully saturated rings. The van der Waals surface area contributed by atoms with Crippen LogP contribution in [-0.4, -0.2) is 39.4 Å². The van der Waals surface area contributed by atoms with Crippen LogP contribution in [0.3, 0.4) is 0 Å². The Labute approximate surface area is 163 Å². The maximum absolute atomic E-state index is 12.2. The molecule has 2 amide bonds. The van der Waals surface area contributed by atoms with Crippen molar-refractivity contribution in [1.29, 1.82) is 0 Å². The first-order valence-corrected chi connectivity index (χ1v) is 9.75. The van der Waals surface area contributed by atoms with E-state index >= 15 is 0 Å². The van der Waals surface area contributed by atoms with Crippen LogP contribution < -0.4 is 15.8 Å². The number of anilines is 1. The summed E-state index contributed by atoms with van der Waals surface area (Å²) in [7, 11) is 1.56. The lowest BCUT2D eigenvalue weighted by atomic mass is 10.3. The van der Waals surface area contributed by atoms with E-state index in [-0.39, 0.29) is 18.2 Å². The highest BCUT2D eigenvalue weighted by atomic mass is 32.2. The second kappa shape index (κ2) is 8.69. The molecule has 0 radical (unpaired) electrons. The average Bonchev–Trinajstić information content (AvgIpc) is 3.29. The Hall–Kier alpha value is -2.85. The number of nitrogens with one attached hydrogen (secondary N) is 1. The van der Waals surface area contributed by atoms with Gasteiger partial charge < -0.3 is 15.8 Å². The molecule has 0 spiro atoms. The maximum atomic E-state index is 12.2. The molecule has 0 saturated heterocycles. The van der Waals surface area contributed by atoms with Crippen molar-refractivity contribution >= 4 is 40.6 Å². The molecule has 1 aromatic carbocycles. The molecule has 0 atom stereocenters. The normalized spacial score (nSPS) is 10.6. The summed E-state index contributed by atoms with van der Waals surface area (Å²) in [5.74, 6) is 0.607. The monoisotopic (exact) mass is 403 g/mol. The molecule has 2 heterocycles. The van der Waals surface area contributed by atoms with E-state index in [9.17, 15) is 9.59 Å². The number of amides is 2. The fraction of sp³-hybridized carbons (Fsp3) is 0.176. The summed E-state index contributed by atoms with van der Waals surface area (Å²) in [6, 6.07) is 10.9. The number of aromatic nitrogens is 3. The predicted octanol–water partition coefficient (Wildman–Crippen LogP) is 2.23. The van der Waals surface area contributed by atoms with Crippen LogP contribution >= 0.6 is 23.1 Å². The minimum absolute atomic E-state index is 0.0555. The second-order valence-electron chi connectivity index (χ2n) is 5.40. The van der Waals surface area contributed by atoms with Crippen LogP contribution in [0.25, 0.3) is 10.7 Å². The van der Waals surface area contributed by atoms with Crippen molar-refractivity contribution in [2.24, 2.45) is 5.73 Å². The van der Waals surface area contributed by atoms with Crippen molar-refractivity contribution in [1.82, 2.24) is 14.8 Å². The average molecular weight is 403 g/mol. The maximum Gasteiger partial charge on any atom is 0.237 e. The number of benzene rings is 1. The first-order valence-electron chi connectivity index (χ1n) is 7.89. The van der Waals surface area contributed by atoms with E-state index in [2.05, 4.69) is 15.5 Å². The van der Waals surface area contributed by atoms with E-state index in [1.165, 1.54) is 23.1 Å². The van der Waals surface area contributed by atoms with Crippen LogP contribution in [0.5, 0.6) is 5.75 Å². The SMILES string of the molecule is COc1cccc(NC(=O)CSc2nnc(-c3cccs3)n2CC(N)=O)c1. The molecular formula is C17H17N5O3S2. The van der Waals surface area contributed by atoms with E-state index in [4.69, 9.17) is 10.5 Å². The zero-order chi connectivity index (χ0) is 19.2. The van der Waals surface area contributed by atoms with Gasteiger partial charge in [-0.15, -0.1) is 21.5 Å². The number of methoxy groups -OCH3 is 1. The van der Waals surface area contributed by atoms with Crippen LogP contribution in [0.1, 0.15) is 0 Å². The topological polar surface area (TPSA) is 112 Å². The molecule has 0 aliphatic rings. The van der Waals surface area contributed by atoms with E-state index in [1.807, 2.05) is 17.5 Å². The third kappa shape index (κ3) is 4.86. The fourth-order valence-electron chi connectivity index (χ4n) is 2.31. The van der Waals surface area contributed by atoms with Crippen molar-refractivity contribution in [3.63, 3.8) is 0 Å². The summed E-state index contributed by atoms with van der Waals surface area (Å²) < 4.78 is 6.76. The highest BCUT2D eigenvalue weighted by molar-refractivity contribution is 7.99. The standard InChI is InChI=1S/C17H17N5O3S2/c1-25-12-5-2-4-11(8-12)19-15(24)10-27-17-21-20-16(13-6-3-7-26-13)22(17)9-14(18)23/h2-8H,9-10H2,1H3,(H2,18,23)(H,19,24). The minimum Gasteiger partial charge on any atom is -0.497 e. The molecule has 3 rings (SSSR count). The van der Waals surface area contributed by atoms with Crippen LogP contribution in [0.15, 0.2) is 46.9 Å². The molecule has 0 unspecified atom stereocenters. The lowest BCUT2D eigenvalue weighted by Crippen LogP contribution is -2.20.